The molecule has 1 amide bonds. The van der Waals surface area contributed by atoms with Crippen molar-refractivity contribution in [2.45, 2.75) is 65.0 Å². The third-order valence-electron chi connectivity index (χ3n) is 5.31. The van der Waals surface area contributed by atoms with Crippen LogP contribution in [0.3, 0.4) is 0 Å². The van der Waals surface area contributed by atoms with Gasteiger partial charge in [-0.3, -0.25) is 4.79 Å². The van der Waals surface area contributed by atoms with Crippen molar-refractivity contribution < 1.29 is 14.3 Å². The lowest BCUT2D eigenvalue weighted by atomic mass is 9.92. The number of rotatable bonds is 6. The van der Waals surface area contributed by atoms with Crippen molar-refractivity contribution >= 4 is 22.9 Å². The van der Waals surface area contributed by atoms with Crippen molar-refractivity contribution in [3.8, 4) is 6.07 Å². The first-order chi connectivity index (χ1) is 14.3. The second kappa shape index (κ2) is 9.29. The van der Waals surface area contributed by atoms with Gasteiger partial charge in [-0.05, 0) is 58.6 Å². The van der Waals surface area contributed by atoms with Crippen molar-refractivity contribution in [1.82, 2.24) is 14.5 Å². The van der Waals surface area contributed by atoms with Crippen molar-refractivity contribution in [3.63, 3.8) is 0 Å². The zero-order valence-corrected chi connectivity index (χ0v) is 18.1. The highest BCUT2D eigenvalue weighted by Gasteiger charge is 2.32. The summed E-state index contributed by atoms with van der Waals surface area (Å²) in [7, 11) is 0. The fourth-order valence-corrected chi connectivity index (χ4v) is 3.80. The number of piperidine rings is 1. The maximum atomic E-state index is 13.3. The lowest BCUT2D eigenvalue weighted by Gasteiger charge is -2.32. The van der Waals surface area contributed by atoms with Gasteiger partial charge in [-0.25, -0.2) is 9.78 Å². The predicted molar refractivity (Wildman–Crippen MR) is 114 cm³/mol. The van der Waals surface area contributed by atoms with Crippen molar-refractivity contribution in [2.75, 3.05) is 13.1 Å². The molecule has 0 saturated carbocycles. The van der Waals surface area contributed by atoms with Gasteiger partial charge in [0, 0.05) is 32.0 Å². The summed E-state index contributed by atoms with van der Waals surface area (Å²) in [4.78, 5) is 31.9. The molecule has 0 radical (unpaired) electrons. The zero-order chi connectivity index (χ0) is 21.7. The number of amides is 1. The maximum Gasteiger partial charge on any atom is 0.410 e. The van der Waals surface area contributed by atoms with E-state index >= 15 is 0 Å². The summed E-state index contributed by atoms with van der Waals surface area (Å²) in [6, 6.07) is 9.93. The van der Waals surface area contributed by atoms with Gasteiger partial charge in [-0.15, -0.1) is 0 Å². The lowest BCUT2D eigenvalue weighted by molar-refractivity contribution is 0.0181. The van der Waals surface area contributed by atoms with Crippen LogP contribution < -0.4 is 0 Å². The molecule has 1 fully saturated rings. The number of fused-ring (bicyclic) bond motifs is 1. The number of unbranched alkanes of at least 4 members (excludes halogenated alkanes) is 2. The highest BCUT2D eigenvalue weighted by Crippen LogP contribution is 2.25. The van der Waals surface area contributed by atoms with Crippen molar-refractivity contribution in [2.24, 2.45) is 5.92 Å². The number of nitriles is 1. The molecular formula is C23H30N4O3. The Kier molecular flexibility index (Phi) is 6.76. The summed E-state index contributed by atoms with van der Waals surface area (Å²) >= 11 is 0. The molecule has 3 rings (SSSR count). The average Bonchev–Trinajstić information content (AvgIpc) is 3.08. The Hall–Kier alpha value is -2.88. The number of carbonyl (C=O) groups is 2. The van der Waals surface area contributed by atoms with Crippen molar-refractivity contribution in [3.05, 3.63) is 30.1 Å². The molecule has 2 heterocycles. The normalized spacial score (nSPS) is 15.2. The Labute approximate surface area is 177 Å². The highest BCUT2D eigenvalue weighted by atomic mass is 16.6. The minimum atomic E-state index is -0.528. The third-order valence-corrected chi connectivity index (χ3v) is 5.31. The number of imidazole rings is 1. The van der Waals surface area contributed by atoms with Gasteiger partial charge in [-0.2, -0.15) is 5.26 Å². The van der Waals surface area contributed by atoms with E-state index in [-0.39, 0.29) is 17.8 Å². The van der Waals surface area contributed by atoms with Gasteiger partial charge in [0.2, 0.25) is 5.78 Å². The standard InChI is InChI=1S/C23H30N4O3/c1-23(2,3)30-22(29)26-15-11-17(12-16-26)20(28)21-25-18-9-5-6-10-19(18)27(21)14-8-4-7-13-24/h5-6,9-10,17H,4,7-8,11-12,14-16H2,1-3H3. The van der Waals surface area contributed by atoms with E-state index in [2.05, 4.69) is 11.1 Å². The summed E-state index contributed by atoms with van der Waals surface area (Å²) in [5, 5.41) is 8.77. The van der Waals surface area contributed by atoms with Crippen LogP contribution in [0.25, 0.3) is 11.0 Å². The Bertz CT molecular complexity index is 943. The van der Waals surface area contributed by atoms with Crippen LogP contribution in [0.15, 0.2) is 24.3 Å². The molecule has 2 aromatic rings. The number of aromatic nitrogens is 2. The number of carbonyl (C=O) groups excluding carboxylic acids is 2. The number of ether oxygens (including phenoxy) is 1. The Morgan fingerprint density at radius 1 is 1.20 bits per heavy atom. The first-order valence-corrected chi connectivity index (χ1v) is 10.6. The summed E-state index contributed by atoms with van der Waals surface area (Å²) in [5.41, 5.74) is 1.23. The number of aryl methyl sites for hydroxylation is 1. The van der Waals surface area contributed by atoms with Crippen LogP contribution in [0.4, 0.5) is 4.79 Å². The molecule has 0 spiro atoms. The molecule has 30 heavy (non-hydrogen) atoms. The molecule has 7 nitrogen and oxygen atoms in total. The van der Waals surface area contributed by atoms with E-state index in [0.29, 0.717) is 44.7 Å². The van der Waals surface area contributed by atoms with Crippen LogP contribution in [-0.2, 0) is 11.3 Å². The number of Topliss-reactive ketones (excluding diaryl/α,β-unsaturated/α-hetero) is 1. The second-order valence-corrected chi connectivity index (χ2v) is 8.80. The molecule has 0 N–H and O–H groups in total. The van der Waals surface area contributed by atoms with E-state index in [9.17, 15) is 9.59 Å². The number of ketones is 1. The van der Waals surface area contributed by atoms with Gasteiger partial charge in [0.15, 0.2) is 5.82 Å². The molecule has 0 aliphatic carbocycles. The Morgan fingerprint density at radius 3 is 2.57 bits per heavy atom. The largest absolute Gasteiger partial charge is 0.444 e. The predicted octanol–water partition coefficient (Wildman–Crippen LogP) is 4.56. The number of benzene rings is 1. The number of hydrogen-bond donors (Lipinski definition) is 0. The van der Waals surface area contributed by atoms with E-state index in [1.54, 1.807) is 4.90 Å². The van der Waals surface area contributed by atoms with Crippen LogP contribution in [-0.4, -0.2) is 45.0 Å². The van der Waals surface area contributed by atoms with E-state index in [1.807, 2.05) is 49.6 Å². The third kappa shape index (κ3) is 5.18. The molecule has 1 saturated heterocycles. The summed E-state index contributed by atoms with van der Waals surface area (Å²) in [6.45, 7) is 7.23. The fourth-order valence-electron chi connectivity index (χ4n) is 3.80. The first kappa shape index (κ1) is 21.8. The number of para-hydroxylation sites is 2. The highest BCUT2D eigenvalue weighted by molar-refractivity contribution is 5.98. The van der Waals surface area contributed by atoms with E-state index < -0.39 is 5.60 Å². The molecule has 7 heteroatoms. The van der Waals surface area contributed by atoms with Crippen LogP contribution in [0, 0.1) is 17.2 Å². The van der Waals surface area contributed by atoms with Crippen molar-refractivity contribution in [1.29, 1.82) is 5.26 Å². The Balaban J connectivity index is 1.71. The smallest absolute Gasteiger partial charge is 0.410 e. The van der Waals surface area contributed by atoms with Crippen LogP contribution >= 0.6 is 0 Å². The SMILES string of the molecule is CC(C)(C)OC(=O)N1CCC(C(=O)c2nc3ccccc3n2CCCCC#N)CC1. The second-order valence-electron chi connectivity index (χ2n) is 8.80. The monoisotopic (exact) mass is 410 g/mol. The van der Waals surface area contributed by atoms with Gasteiger partial charge in [-0.1, -0.05) is 12.1 Å². The van der Waals surface area contributed by atoms with Gasteiger partial charge < -0.3 is 14.2 Å². The van der Waals surface area contributed by atoms with Crippen LogP contribution in [0.5, 0.6) is 0 Å². The quantitative estimate of drug-likeness (QED) is 0.514. The Morgan fingerprint density at radius 2 is 1.90 bits per heavy atom. The van der Waals surface area contributed by atoms with Crippen LogP contribution in [0.1, 0.15) is 63.5 Å². The number of hydrogen-bond acceptors (Lipinski definition) is 5. The van der Waals surface area contributed by atoms with Gasteiger partial charge in [0.1, 0.15) is 5.60 Å². The average molecular weight is 411 g/mol. The number of likely N-dealkylation sites (tertiary alicyclic amines) is 1. The van der Waals surface area contributed by atoms with Gasteiger partial charge in [0.25, 0.3) is 0 Å². The van der Waals surface area contributed by atoms with Gasteiger partial charge in [0.05, 0.1) is 17.1 Å². The molecule has 1 aliphatic rings. The molecular weight excluding hydrogens is 380 g/mol. The first-order valence-electron chi connectivity index (χ1n) is 10.6. The topological polar surface area (TPSA) is 88.2 Å². The number of nitrogens with zero attached hydrogens (tertiary/aromatic N) is 4. The van der Waals surface area contributed by atoms with E-state index in [0.717, 1.165) is 23.9 Å². The summed E-state index contributed by atoms with van der Waals surface area (Å²) in [6.07, 6.45) is 3.03. The molecule has 0 atom stereocenters. The van der Waals surface area contributed by atoms with E-state index in [4.69, 9.17) is 10.00 Å². The van der Waals surface area contributed by atoms with Crippen LogP contribution in [0.2, 0.25) is 0 Å². The minimum absolute atomic E-state index is 0.0373. The maximum absolute atomic E-state index is 13.3. The van der Waals surface area contributed by atoms with Gasteiger partial charge >= 0.3 is 6.09 Å². The molecule has 0 unspecified atom stereocenters. The molecule has 1 aliphatic heterocycles. The fraction of sp³-hybridized carbons (Fsp3) is 0.565. The molecule has 0 bridgehead atoms. The lowest BCUT2D eigenvalue weighted by Crippen LogP contribution is -2.43. The van der Waals surface area contributed by atoms with E-state index in [1.165, 1.54) is 0 Å². The summed E-state index contributed by atoms with van der Waals surface area (Å²) < 4.78 is 7.44. The summed E-state index contributed by atoms with van der Waals surface area (Å²) in [5.74, 6) is 0.373. The minimum Gasteiger partial charge on any atom is -0.444 e. The molecule has 160 valence electrons. The molecule has 1 aromatic carbocycles. The zero-order valence-electron chi connectivity index (χ0n) is 18.1. The molecule has 1 aromatic heterocycles.